The molecule has 1 fully saturated rings. The number of aromatic nitrogens is 3. The van der Waals surface area contributed by atoms with Gasteiger partial charge in [0.15, 0.2) is 0 Å². The molecule has 0 radical (unpaired) electrons. The zero-order valence-corrected chi connectivity index (χ0v) is 16.9. The molecule has 8 heteroatoms. The van der Waals surface area contributed by atoms with Gasteiger partial charge >= 0.3 is 0 Å². The number of rotatable bonds is 3. The first-order valence-electron chi connectivity index (χ1n) is 9.59. The fraction of sp³-hybridized carbons (Fsp3) is 0.238. The van der Waals surface area contributed by atoms with Crippen molar-refractivity contribution in [1.82, 2.24) is 19.3 Å². The topological polar surface area (TPSA) is 82.2 Å². The van der Waals surface area contributed by atoms with E-state index in [1.807, 2.05) is 49.4 Å². The maximum absolute atomic E-state index is 13.3. The summed E-state index contributed by atoms with van der Waals surface area (Å²) in [7, 11) is -3.62. The molecule has 3 heterocycles. The number of hydrogen-bond donors (Lipinski definition) is 1. The molecule has 0 unspecified atom stereocenters. The van der Waals surface area contributed by atoms with E-state index < -0.39 is 10.0 Å². The van der Waals surface area contributed by atoms with E-state index in [1.54, 1.807) is 16.4 Å². The Morgan fingerprint density at radius 3 is 2.48 bits per heavy atom. The normalized spacial score (nSPS) is 16.0. The van der Waals surface area contributed by atoms with Gasteiger partial charge in [-0.25, -0.2) is 13.4 Å². The number of imidazole rings is 1. The molecule has 0 amide bonds. The summed E-state index contributed by atoms with van der Waals surface area (Å²) in [6, 6.07) is 17.0. The van der Waals surface area contributed by atoms with Crippen molar-refractivity contribution in [3.05, 3.63) is 60.3 Å². The van der Waals surface area contributed by atoms with Gasteiger partial charge in [0.05, 0.1) is 16.6 Å². The van der Waals surface area contributed by atoms with E-state index in [1.165, 1.54) is 0 Å². The average Bonchev–Trinajstić information content (AvgIpc) is 3.17. The van der Waals surface area contributed by atoms with Gasteiger partial charge in [-0.3, -0.25) is 4.98 Å². The van der Waals surface area contributed by atoms with E-state index in [2.05, 4.69) is 19.9 Å². The molecule has 2 aromatic heterocycles. The maximum atomic E-state index is 13.3. The van der Waals surface area contributed by atoms with Crippen molar-refractivity contribution < 1.29 is 8.42 Å². The number of nitrogens with one attached hydrogen (secondary N) is 1. The molecule has 1 aliphatic heterocycles. The minimum Gasteiger partial charge on any atom is -0.340 e. The number of hydrogen-bond acceptors (Lipinski definition) is 5. The Hall–Kier alpha value is -2.97. The van der Waals surface area contributed by atoms with E-state index in [4.69, 9.17) is 0 Å². The first kappa shape index (κ1) is 18.1. The third-order valence-corrected chi connectivity index (χ3v) is 7.29. The number of aryl methyl sites for hydroxylation is 1. The molecular formula is C21H21N5O2S. The van der Waals surface area contributed by atoms with Crippen LogP contribution in [0.5, 0.6) is 0 Å². The molecule has 7 nitrogen and oxygen atoms in total. The van der Waals surface area contributed by atoms with Crippen LogP contribution in [0.1, 0.15) is 5.69 Å². The third-order valence-electron chi connectivity index (χ3n) is 5.36. The lowest BCUT2D eigenvalue weighted by Crippen LogP contribution is -2.49. The SMILES string of the molecule is Cc1ccc2cccc(S(=O)(=O)N3CCN(c4nc5ccccc5[nH]4)CC3)c2n1. The molecule has 1 aliphatic rings. The summed E-state index contributed by atoms with van der Waals surface area (Å²) in [6.45, 7) is 3.84. The summed E-state index contributed by atoms with van der Waals surface area (Å²) in [5.41, 5.74) is 3.23. The van der Waals surface area contributed by atoms with Gasteiger partial charge in [-0.2, -0.15) is 4.31 Å². The maximum Gasteiger partial charge on any atom is 0.245 e. The van der Waals surface area contributed by atoms with Gasteiger partial charge in [0.2, 0.25) is 16.0 Å². The molecule has 1 saturated heterocycles. The van der Waals surface area contributed by atoms with Gasteiger partial charge in [-0.15, -0.1) is 0 Å². The number of para-hydroxylation sites is 3. The van der Waals surface area contributed by atoms with E-state index in [0.29, 0.717) is 31.7 Å². The Bertz CT molecular complexity index is 1270. The first-order valence-corrected chi connectivity index (χ1v) is 11.0. The van der Waals surface area contributed by atoms with Gasteiger partial charge in [0.25, 0.3) is 0 Å². The van der Waals surface area contributed by atoms with E-state index in [-0.39, 0.29) is 4.90 Å². The second-order valence-corrected chi connectivity index (χ2v) is 9.16. The van der Waals surface area contributed by atoms with Crippen LogP contribution >= 0.6 is 0 Å². The average molecular weight is 407 g/mol. The molecule has 29 heavy (non-hydrogen) atoms. The predicted molar refractivity (Wildman–Crippen MR) is 114 cm³/mol. The molecule has 148 valence electrons. The van der Waals surface area contributed by atoms with Crippen LogP contribution in [0.3, 0.4) is 0 Å². The zero-order chi connectivity index (χ0) is 20.0. The molecule has 0 bridgehead atoms. The molecule has 2 aromatic carbocycles. The Kier molecular flexibility index (Phi) is 4.25. The Labute approximate surface area is 169 Å². The van der Waals surface area contributed by atoms with Gasteiger partial charge in [0, 0.05) is 37.3 Å². The smallest absolute Gasteiger partial charge is 0.245 e. The van der Waals surface area contributed by atoms with Gasteiger partial charge in [-0.05, 0) is 31.2 Å². The molecule has 0 saturated carbocycles. The van der Waals surface area contributed by atoms with Crippen LogP contribution in [0.15, 0.2) is 59.5 Å². The van der Waals surface area contributed by atoms with Crippen LogP contribution in [-0.4, -0.2) is 53.9 Å². The molecule has 0 spiro atoms. The summed E-state index contributed by atoms with van der Waals surface area (Å²) in [4.78, 5) is 14.8. The number of H-pyrrole nitrogens is 1. The standard InChI is InChI=1S/C21H21N5O2S/c1-15-9-10-16-5-4-8-19(20(16)22-15)29(27,28)26-13-11-25(12-14-26)21-23-17-6-2-3-7-18(17)24-21/h2-10H,11-14H2,1H3,(H,23,24). The quantitative estimate of drug-likeness (QED) is 0.565. The van der Waals surface area contributed by atoms with Crippen molar-refractivity contribution in [3.8, 4) is 0 Å². The van der Waals surface area contributed by atoms with E-state index >= 15 is 0 Å². The van der Waals surface area contributed by atoms with Crippen LogP contribution in [0.2, 0.25) is 0 Å². The van der Waals surface area contributed by atoms with Crippen LogP contribution in [0, 0.1) is 6.92 Å². The molecule has 5 rings (SSSR count). The second kappa shape index (κ2) is 6.82. The minimum absolute atomic E-state index is 0.274. The monoisotopic (exact) mass is 407 g/mol. The zero-order valence-electron chi connectivity index (χ0n) is 16.0. The fourth-order valence-electron chi connectivity index (χ4n) is 3.79. The van der Waals surface area contributed by atoms with Crippen LogP contribution in [-0.2, 0) is 10.0 Å². The highest BCUT2D eigenvalue weighted by atomic mass is 32.2. The molecular weight excluding hydrogens is 386 g/mol. The van der Waals surface area contributed by atoms with Crippen molar-refractivity contribution in [2.45, 2.75) is 11.8 Å². The number of aromatic amines is 1. The summed E-state index contributed by atoms with van der Waals surface area (Å²) < 4.78 is 28.2. The predicted octanol–water partition coefficient (Wildman–Crippen LogP) is 2.93. The van der Waals surface area contributed by atoms with Crippen LogP contribution < -0.4 is 4.90 Å². The highest BCUT2D eigenvalue weighted by molar-refractivity contribution is 7.89. The van der Waals surface area contributed by atoms with Gasteiger partial charge in [-0.1, -0.05) is 30.3 Å². The number of sulfonamides is 1. The summed E-state index contributed by atoms with van der Waals surface area (Å²) in [5.74, 6) is 0.783. The molecule has 4 aromatic rings. The number of pyridine rings is 1. The Morgan fingerprint density at radius 1 is 0.897 bits per heavy atom. The molecule has 1 N–H and O–H groups in total. The van der Waals surface area contributed by atoms with Crippen molar-refractivity contribution >= 4 is 37.9 Å². The first-order chi connectivity index (χ1) is 14.0. The third kappa shape index (κ3) is 3.14. The number of nitrogens with zero attached hydrogens (tertiary/aromatic N) is 4. The van der Waals surface area contributed by atoms with Gasteiger partial charge in [0.1, 0.15) is 4.90 Å². The number of benzene rings is 2. The van der Waals surface area contributed by atoms with Gasteiger partial charge < -0.3 is 9.88 Å². The lowest BCUT2D eigenvalue weighted by Gasteiger charge is -2.33. The van der Waals surface area contributed by atoms with Crippen molar-refractivity contribution in [2.24, 2.45) is 0 Å². The number of piperazine rings is 1. The summed E-state index contributed by atoms with van der Waals surface area (Å²) >= 11 is 0. The largest absolute Gasteiger partial charge is 0.340 e. The Morgan fingerprint density at radius 2 is 1.69 bits per heavy atom. The van der Waals surface area contributed by atoms with Crippen LogP contribution in [0.25, 0.3) is 21.9 Å². The van der Waals surface area contributed by atoms with E-state index in [0.717, 1.165) is 28.1 Å². The molecule has 0 aliphatic carbocycles. The second-order valence-electron chi connectivity index (χ2n) is 7.25. The lowest BCUT2D eigenvalue weighted by molar-refractivity contribution is 0.383. The van der Waals surface area contributed by atoms with E-state index in [9.17, 15) is 8.42 Å². The fourth-order valence-corrected chi connectivity index (χ4v) is 5.37. The summed E-state index contributed by atoms with van der Waals surface area (Å²) in [5, 5.41) is 0.831. The summed E-state index contributed by atoms with van der Waals surface area (Å²) in [6.07, 6.45) is 0. The number of fused-ring (bicyclic) bond motifs is 2. The van der Waals surface area contributed by atoms with Crippen molar-refractivity contribution in [3.63, 3.8) is 0 Å². The highest BCUT2D eigenvalue weighted by Crippen LogP contribution is 2.26. The highest BCUT2D eigenvalue weighted by Gasteiger charge is 2.31. The van der Waals surface area contributed by atoms with Crippen molar-refractivity contribution in [1.29, 1.82) is 0 Å². The minimum atomic E-state index is -3.62. The molecule has 0 atom stereocenters. The Balaban J connectivity index is 1.41. The van der Waals surface area contributed by atoms with Crippen LogP contribution in [0.4, 0.5) is 5.95 Å². The number of anilines is 1. The van der Waals surface area contributed by atoms with Crippen molar-refractivity contribution in [2.75, 3.05) is 31.1 Å². The lowest BCUT2D eigenvalue weighted by atomic mass is 10.2.